The Morgan fingerprint density at radius 2 is 1.59 bits per heavy atom. The van der Waals surface area contributed by atoms with Crippen LogP contribution in [-0.4, -0.2) is 24.1 Å². The van der Waals surface area contributed by atoms with Gasteiger partial charge in [0.15, 0.2) is 5.60 Å². The molecular formula is C23H22N2O2. The maximum atomic E-state index is 12.1. The summed E-state index contributed by atoms with van der Waals surface area (Å²) in [5, 5.41) is 15.6. The van der Waals surface area contributed by atoms with Gasteiger partial charge in [0.25, 0.3) is 0 Å². The molecule has 1 aliphatic heterocycles. The molecule has 0 amide bonds. The summed E-state index contributed by atoms with van der Waals surface area (Å²) < 4.78 is 0. The van der Waals surface area contributed by atoms with Crippen LogP contribution in [0.5, 0.6) is 0 Å². The lowest BCUT2D eigenvalue weighted by molar-refractivity contribution is 0.0598. The van der Waals surface area contributed by atoms with Crippen LogP contribution in [0.4, 0.5) is 11.4 Å². The van der Waals surface area contributed by atoms with Crippen LogP contribution in [0.15, 0.2) is 78.9 Å². The van der Waals surface area contributed by atoms with E-state index in [1.54, 1.807) is 6.07 Å². The topological polar surface area (TPSA) is 52.6 Å². The molecule has 1 atom stereocenters. The van der Waals surface area contributed by atoms with Gasteiger partial charge in [0.2, 0.25) is 0 Å². The van der Waals surface area contributed by atoms with Crippen LogP contribution in [0.1, 0.15) is 28.4 Å². The lowest BCUT2D eigenvalue weighted by atomic mass is 9.83. The summed E-state index contributed by atoms with van der Waals surface area (Å²) in [6, 6.07) is 25.0. The molecule has 0 spiro atoms. The van der Waals surface area contributed by atoms with E-state index < -0.39 is 11.8 Å². The molecule has 0 aliphatic carbocycles. The third kappa shape index (κ3) is 2.78. The third-order valence-electron chi connectivity index (χ3n) is 5.24. The summed E-state index contributed by atoms with van der Waals surface area (Å²) in [6.07, 6.45) is 0.450. The number of aliphatic hydroxyl groups is 1. The van der Waals surface area contributed by atoms with Crippen molar-refractivity contribution in [1.29, 1.82) is 0 Å². The molecule has 0 aromatic heterocycles. The minimum atomic E-state index is -1.26. The Bertz CT molecular complexity index is 902. The number of fused-ring (bicyclic) bond motifs is 1. The van der Waals surface area contributed by atoms with Crippen LogP contribution in [0.2, 0.25) is 0 Å². The Morgan fingerprint density at radius 3 is 2.11 bits per heavy atom. The van der Waals surface area contributed by atoms with Crippen molar-refractivity contribution in [3.05, 3.63) is 95.6 Å². The quantitative estimate of drug-likeness (QED) is 0.677. The van der Waals surface area contributed by atoms with E-state index >= 15 is 0 Å². The monoisotopic (exact) mass is 358 g/mol. The summed E-state index contributed by atoms with van der Waals surface area (Å²) in [5.74, 6) is 0. The summed E-state index contributed by atoms with van der Waals surface area (Å²) in [4.78, 5) is 13.3. The molecular weight excluding hydrogens is 336 g/mol. The first kappa shape index (κ1) is 17.3. The van der Waals surface area contributed by atoms with Crippen LogP contribution in [0.3, 0.4) is 0 Å². The summed E-state index contributed by atoms with van der Waals surface area (Å²) in [6.45, 7) is 2.74. The first-order valence-corrected chi connectivity index (χ1v) is 9.14. The van der Waals surface area contributed by atoms with E-state index in [0.29, 0.717) is 12.1 Å². The molecule has 1 unspecified atom stereocenters. The summed E-state index contributed by atoms with van der Waals surface area (Å²) in [5.41, 5.74) is 2.83. The zero-order valence-electron chi connectivity index (χ0n) is 15.2. The fraction of sp³-hybridized carbons (Fsp3) is 0.174. The largest absolute Gasteiger partial charge is 0.376 e. The number of aldehydes is 1. The van der Waals surface area contributed by atoms with Gasteiger partial charge in [-0.05, 0) is 36.2 Å². The van der Waals surface area contributed by atoms with Gasteiger partial charge in [0, 0.05) is 12.1 Å². The Balaban J connectivity index is 1.87. The van der Waals surface area contributed by atoms with E-state index in [-0.39, 0.29) is 0 Å². The minimum Gasteiger partial charge on any atom is -0.376 e. The molecule has 4 heteroatoms. The van der Waals surface area contributed by atoms with E-state index in [2.05, 4.69) is 10.2 Å². The van der Waals surface area contributed by atoms with Gasteiger partial charge < -0.3 is 15.3 Å². The predicted molar refractivity (Wildman–Crippen MR) is 108 cm³/mol. The maximum absolute atomic E-state index is 12.1. The molecule has 2 N–H and O–H groups in total. The van der Waals surface area contributed by atoms with E-state index in [0.717, 1.165) is 28.8 Å². The highest BCUT2D eigenvalue weighted by atomic mass is 16.3. The van der Waals surface area contributed by atoms with Crippen LogP contribution < -0.4 is 10.2 Å². The van der Waals surface area contributed by atoms with Gasteiger partial charge >= 0.3 is 0 Å². The Morgan fingerprint density at radius 1 is 1.00 bits per heavy atom. The molecule has 0 bridgehead atoms. The number of benzene rings is 3. The first-order chi connectivity index (χ1) is 13.2. The number of nitrogens with one attached hydrogen (secondary N) is 1. The van der Waals surface area contributed by atoms with Crippen molar-refractivity contribution in [3.8, 4) is 0 Å². The number of carbonyl (C=O) groups is 1. The Labute approximate surface area is 159 Å². The van der Waals surface area contributed by atoms with Crippen molar-refractivity contribution in [2.75, 3.05) is 16.8 Å². The molecule has 1 heterocycles. The number of carbonyl (C=O) groups excluding carboxylic acids is 1. The molecule has 0 saturated heterocycles. The van der Waals surface area contributed by atoms with E-state index in [9.17, 15) is 9.90 Å². The van der Waals surface area contributed by atoms with E-state index in [1.165, 1.54) is 0 Å². The molecule has 0 saturated carbocycles. The third-order valence-corrected chi connectivity index (χ3v) is 5.24. The number of hydrogen-bond donors (Lipinski definition) is 2. The maximum Gasteiger partial charge on any atom is 0.153 e. The number of nitrogens with zero attached hydrogens (tertiary/aromatic N) is 1. The molecule has 136 valence electrons. The molecule has 4 nitrogen and oxygen atoms in total. The second-order valence-electron chi connectivity index (χ2n) is 6.73. The van der Waals surface area contributed by atoms with Crippen molar-refractivity contribution in [2.24, 2.45) is 0 Å². The Hall–Kier alpha value is -3.11. The highest BCUT2D eigenvalue weighted by Crippen LogP contribution is 2.44. The van der Waals surface area contributed by atoms with Crippen molar-refractivity contribution in [2.45, 2.75) is 18.7 Å². The second-order valence-corrected chi connectivity index (χ2v) is 6.73. The standard InChI is InChI=1S/C23H22N2O2/c1-2-25-21-15-17(16-26)13-14-20(21)24-22(25)23(27,18-9-5-3-6-10-18)19-11-7-4-8-12-19/h3-16,22,24,27H,2H2,1H3. The first-order valence-electron chi connectivity index (χ1n) is 9.14. The van der Waals surface area contributed by atoms with E-state index in [1.807, 2.05) is 79.7 Å². The smallest absolute Gasteiger partial charge is 0.153 e. The fourth-order valence-corrected chi connectivity index (χ4v) is 3.90. The number of anilines is 2. The molecule has 0 radical (unpaired) electrons. The van der Waals surface area contributed by atoms with Gasteiger partial charge in [0.05, 0.1) is 11.4 Å². The SMILES string of the molecule is CCN1c2cc(C=O)ccc2NC1C(O)(c1ccccc1)c1ccccc1. The van der Waals surface area contributed by atoms with Gasteiger partial charge in [-0.1, -0.05) is 60.7 Å². The van der Waals surface area contributed by atoms with Gasteiger partial charge in [-0.2, -0.15) is 0 Å². The zero-order valence-corrected chi connectivity index (χ0v) is 15.2. The van der Waals surface area contributed by atoms with Crippen LogP contribution >= 0.6 is 0 Å². The predicted octanol–water partition coefficient (Wildman–Crippen LogP) is 4.01. The van der Waals surface area contributed by atoms with Crippen LogP contribution in [-0.2, 0) is 5.60 Å². The highest BCUT2D eigenvalue weighted by molar-refractivity contribution is 5.85. The van der Waals surface area contributed by atoms with Crippen LogP contribution in [0, 0.1) is 0 Å². The molecule has 1 aliphatic rings. The van der Waals surface area contributed by atoms with Crippen molar-refractivity contribution in [1.82, 2.24) is 0 Å². The van der Waals surface area contributed by atoms with Gasteiger partial charge in [-0.15, -0.1) is 0 Å². The van der Waals surface area contributed by atoms with Crippen LogP contribution in [0.25, 0.3) is 0 Å². The van der Waals surface area contributed by atoms with E-state index in [4.69, 9.17) is 0 Å². The zero-order chi connectivity index (χ0) is 18.9. The summed E-state index contributed by atoms with van der Waals surface area (Å²) >= 11 is 0. The van der Waals surface area contributed by atoms with Crippen molar-refractivity contribution >= 4 is 17.7 Å². The average Bonchev–Trinajstić information content (AvgIpc) is 3.12. The number of hydrogen-bond acceptors (Lipinski definition) is 4. The normalized spacial score (nSPS) is 15.9. The van der Waals surface area contributed by atoms with Gasteiger partial charge in [-0.25, -0.2) is 0 Å². The molecule has 3 aromatic rings. The van der Waals surface area contributed by atoms with Crippen molar-refractivity contribution < 1.29 is 9.90 Å². The minimum absolute atomic E-state index is 0.399. The van der Waals surface area contributed by atoms with Crippen molar-refractivity contribution in [3.63, 3.8) is 0 Å². The molecule has 27 heavy (non-hydrogen) atoms. The summed E-state index contributed by atoms with van der Waals surface area (Å²) in [7, 11) is 0. The molecule has 4 rings (SSSR count). The number of rotatable bonds is 5. The average molecular weight is 358 g/mol. The fourth-order valence-electron chi connectivity index (χ4n) is 3.90. The van der Waals surface area contributed by atoms with Gasteiger partial charge in [-0.3, -0.25) is 4.79 Å². The highest BCUT2D eigenvalue weighted by Gasteiger charge is 2.46. The Kier molecular flexibility index (Phi) is 4.42. The lowest BCUT2D eigenvalue weighted by Crippen LogP contribution is -2.53. The molecule has 3 aromatic carbocycles. The second kappa shape index (κ2) is 6.89. The molecule has 0 fully saturated rings. The number of likely N-dealkylation sites (N-methyl/N-ethyl adjacent to an activating group) is 1. The van der Waals surface area contributed by atoms with Gasteiger partial charge in [0.1, 0.15) is 12.5 Å². The lowest BCUT2D eigenvalue weighted by Gasteiger charge is -2.40.